The summed E-state index contributed by atoms with van der Waals surface area (Å²) in [4.78, 5) is 45.3. The number of aliphatic hydroxyl groups is 1. The summed E-state index contributed by atoms with van der Waals surface area (Å²) in [5, 5.41) is 9.21. The zero-order valence-electron chi connectivity index (χ0n) is 21.2. The summed E-state index contributed by atoms with van der Waals surface area (Å²) in [5.41, 5.74) is -1.18. The maximum atomic E-state index is 14.3. The van der Waals surface area contributed by atoms with Crippen LogP contribution in [-0.2, 0) is 23.9 Å². The Morgan fingerprint density at radius 3 is 2.61 bits per heavy atom. The Balaban J connectivity index is 1.52. The first-order chi connectivity index (χ1) is 17.6. The quantitative estimate of drug-likeness (QED) is 0.342. The third-order valence-electron chi connectivity index (χ3n) is 8.70. The van der Waals surface area contributed by atoms with Crippen LogP contribution in [0, 0.1) is 11.8 Å². The monoisotopic (exact) mass is 500 g/mol. The van der Waals surface area contributed by atoms with Gasteiger partial charge in [-0.25, -0.2) is 0 Å². The van der Waals surface area contributed by atoms with Crippen LogP contribution in [0.15, 0.2) is 24.3 Å². The number of unbranched alkanes of at least 4 members (excludes halogenated alkanes) is 2. The number of hydrogen-bond donors (Lipinski definition) is 1. The van der Waals surface area contributed by atoms with E-state index >= 15 is 0 Å². The number of hydrogen-bond acceptors (Lipinski definition) is 6. The summed E-state index contributed by atoms with van der Waals surface area (Å²) in [6, 6.07) is -0.618. The number of ether oxygens (including phenoxy) is 2. The lowest BCUT2D eigenvalue weighted by atomic mass is 9.77. The van der Waals surface area contributed by atoms with E-state index in [1.165, 1.54) is 6.42 Å². The number of aliphatic hydroxyl groups excluding tert-OH is 1. The summed E-state index contributed by atoms with van der Waals surface area (Å²) in [7, 11) is 0. The second kappa shape index (κ2) is 11.1. The fourth-order valence-corrected chi connectivity index (χ4v) is 6.97. The first-order valence-electron chi connectivity index (χ1n) is 14.0. The molecular formula is C28H40N2O6. The minimum absolute atomic E-state index is 0.0639. The third-order valence-corrected chi connectivity index (χ3v) is 8.70. The minimum Gasteiger partial charge on any atom is -0.465 e. The molecule has 0 radical (unpaired) electrons. The van der Waals surface area contributed by atoms with E-state index in [1.807, 2.05) is 29.2 Å². The second-order valence-electron chi connectivity index (χ2n) is 10.9. The van der Waals surface area contributed by atoms with Gasteiger partial charge in [0.25, 0.3) is 0 Å². The summed E-state index contributed by atoms with van der Waals surface area (Å²) in [5.74, 6) is -2.21. The average Bonchev–Trinajstić information content (AvgIpc) is 3.27. The van der Waals surface area contributed by atoms with Crippen molar-refractivity contribution in [2.24, 2.45) is 11.8 Å². The first kappa shape index (κ1) is 25.5. The number of fused-ring (bicyclic) bond motifs is 2. The summed E-state index contributed by atoms with van der Waals surface area (Å²) in [6.07, 6.45) is 17.3. The highest BCUT2D eigenvalue weighted by Crippen LogP contribution is 2.53. The smallest absolute Gasteiger partial charge is 0.312 e. The zero-order valence-corrected chi connectivity index (χ0v) is 21.2. The number of allylic oxidation sites excluding steroid dienone is 1. The van der Waals surface area contributed by atoms with Crippen molar-refractivity contribution in [2.45, 2.75) is 94.4 Å². The van der Waals surface area contributed by atoms with E-state index in [2.05, 4.69) is 0 Å². The van der Waals surface area contributed by atoms with Gasteiger partial charge in [-0.05, 0) is 51.4 Å². The Bertz CT molecular complexity index is 896. The highest BCUT2D eigenvalue weighted by atomic mass is 16.6. The number of esters is 1. The van der Waals surface area contributed by atoms with Crippen molar-refractivity contribution in [3.05, 3.63) is 24.3 Å². The molecule has 1 aliphatic carbocycles. The fraction of sp³-hybridized carbons (Fsp3) is 0.750. The topological polar surface area (TPSA) is 96.4 Å². The number of carbonyl (C=O) groups excluding carboxylic acids is 3. The van der Waals surface area contributed by atoms with Gasteiger partial charge in [-0.2, -0.15) is 0 Å². The van der Waals surface area contributed by atoms with Crippen molar-refractivity contribution in [1.29, 1.82) is 0 Å². The van der Waals surface area contributed by atoms with Crippen LogP contribution in [0.4, 0.5) is 0 Å². The lowest BCUT2D eigenvalue weighted by Crippen LogP contribution is -2.57. The molecule has 2 amide bonds. The predicted molar refractivity (Wildman–Crippen MR) is 133 cm³/mol. The van der Waals surface area contributed by atoms with Crippen molar-refractivity contribution in [1.82, 2.24) is 9.80 Å². The molecule has 0 aromatic heterocycles. The maximum absolute atomic E-state index is 14.3. The van der Waals surface area contributed by atoms with Crippen LogP contribution in [-0.4, -0.2) is 82.8 Å². The SMILES string of the molecule is O=C1OCCCC/C=C\[C@@H]2O[C@]34C=CCN(C5CCCCC5)C(=O)C3N(CCCCCO)C(=O)[C@@H]4[C@H]12. The molecule has 1 unspecified atom stereocenters. The molecule has 4 aliphatic heterocycles. The minimum atomic E-state index is -1.18. The first-order valence-corrected chi connectivity index (χ1v) is 14.0. The summed E-state index contributed by atoms with van der Waals surface area (Å²) >= 11 is 0. The van der Waals surface area contributed by atoms with Gasteiger partial charge in [-0.3, -0.25) is 14.4 Å². The number of likely N-dealkylation sites (tertiary alicyclic amines) is 1. The van der Waals surface area contributed by atoms with E-state index < -0.39 is 35.6 Å². The van der Waals surface area contributed by atoms with Crippen LogP contribution >= 0.6 is 0 Å². The van der Waals surface area contributed by atoms with Crippen molar-refractivity contribution in [3.8, 4) is 0 Å². The van der Waals surface area contributed by atoms with Crippen molar-refractivity contribution >= 4 is 17.8 Å². The molecule has 1 saturated carbocycles. The molecule has 5 rings (SSSR count). The van der Waals surface area contributed by atoms with Crippen molar-refractivity contribution in [3.63, 3.8) is 0 Å². The van der Waals surface area contributed by atoms with Gasteiger partial charge in [-0.1, -0.05) is 43.6 Å². The number of carbonyl (C=O) groups is 3. The zero-order chi connectivity index (χ0) is 25.1. The van der Waals surface area contributed by atoms with Crippen LogP contribution in [0.1, 0.15) is 70.6 Å². The van der Waals surface area contributed by atoms with Crippen LogP contribution in [0.3, 0.4) is 0 Å². The van der Waals surface area contributed by atoms with Gasteiger partial charge in [0, 0.05) is 25.7 Å². The van der Waals surface area contributed by atoms with Gasteiger partial charge < -0.3 is 24.4 Å². The Morgan fingerprint density at radius 2 is 1.81 bits per heavy atom. The maximum Gasteiger partial charge on any atom is 0.312 e. The molecule has 1 N–H and O–H groups in total. The van der Waals surface area contributed by atoms with Crippen LogP contribution < -0.4 is 0 Å². The molecule has 4 heterocycles. The highest BCUT2D eigenvalue weighted by Gasteiger charge is 2.71. The predicted octanol–water partition coefficient (Wildman–Crippen LogP) is 2.74. The molecule has 0 aromatic rings. The number of cyclic esters (lactones) is 1. The van der Waals surface area contributed by atoms with Gasteiger partial charge in [0.05, 0.1) is 18.6 Å². The molecule has 1 spiro atoms. The normalized spacial score (nSPS) is 36.2. The standard InChI is InChI=1S/C28H40N2O6/c31-18-9-4-8-16-30-24-26(33)29(20-12-5-3-6-13-20)17-11-15-28(24)23(25(30)32)22-21(36-28)14-7-1-2-10-19-35-27(22)34/h7,11,14-15,20-24,31H,1-6,8-10,12-13,16-19H2/b14-7-/t21-,22+,23-,24?,28-/m0/s1. The van der Waals surface area contributed by atoms with Crippen LogP contribution in [0.5, 0.6) is 0 Å². The number of nitrogens with zero attached hydrogens (tertiary/aromatic N) is 2. The van der Waals surface area contributed by atoms with Crippen molar-refractivity contribution in [2.75, 3.05) is 26.3 Å². The Kier molecular flexibility index (Phi) is 7.82. The van der Waals surface area contributed by atoms with Gasteiger partial charge >= 0.3 is 5.97 Å². The highest BCUT2D eigenvalue weighted by molar-refractivity contribution is 5.99. The largest absolute Gasteiger partial charge is 0.465 e. The molecule has 36 heavy (non-hydrogen) atoms. The second-order valence-corrected chi connectivity index (χ2v) is 10.9. The molecule has 0 aromatic carbocycles. The Hall–Kier alpha value is -2.19. The van der Waals surface area contributed by atoms with Gasteiger partial charge in [0.2, 0.25) is 11.8 Å². The van der Waals surface area contributed by atoms with Gasteiger partial charge in [0.1, 0.15) is 17.6 Å². The molecule has 8 heteroatoms. The van der Waals surface area contributed by atoms with Crippen molar-refractivity contribution < 1.29 is 29.0 Å². The Morgan fingerprint density at radius 1 is 0.972 bits per heavy atom. The van der Waals surface area contributed by atoms with E-state index in [-0.39, 0.29) is 24.5 Å². The third kappa shape index (κ3) is 4.51. The van der Waals surface area contributed by atoms with E-state index in [0.717, 1.165) is 51.4 Å². The van der Waals surface area contributed by atoms with E-state index in [1.54, 1.807) is 4.90 Å². The molecule has 198 valence electrons. The van der Waals surface area contributed by atoms with Crippen LogP contribution in [0.2, 0.25) is 0 Å². The Labute approximate surface area is 213 Å². The number of amides is 2. The van der Waals surface area contributed by atoms with Gasteiger partial charge in [-0.15, -0.1) is 0 Å². The lowest BCUT2D eigenvalue weighted by Gasteiger charge is -2.39. The lowest BCUT2D eigenvalue weighted by molar-refractivity contribution is -0.155. The fourth-order valence-electron chi connectivity index (χ4n) is 6.97. The average molecular weight is 501 g/mol. The van der Waals surface area contributed by atoms with Crippen LogP contribution in [0.25, 0.3) is 0 Å². The molecule has 8 nitrogen and oxygen atoms in total. The molecule has 3 fully saturated rings. The molecule has 2 saturated heterocycles. The van der Waals surface area contributed by atoms with E-state index in [9.17, 15) is 19.5 Å². The van der Waals surface area contributed by atoms with E-state index in [4.69, 9.17) is 9.47 Å². The molecule has 5 atom stereocenters. The molecule has 0 bridgehead atoms. The summed E-state index contributed by atoms with van der Waals surface area (Å²) < 4.78 is 12.3. The molecular weight excluding hydrogens is 460 g/mol. The number of rotatable bonds is 6. The summed E-state index contributed by atoms with van der Waals surface area (Å²) in [6.45, 7) is 1.35. The van der Waals surface area contributed by atoms with E-state index in [0.29, 0.717) is 32.5 Å². The molecule has 5 aliphatic rings. The van der Waals surface area contributed by atoms with Gasteiger partial charge in [0.15, 0.2) is 0 Å².